The summed E-state index contributed by atoms with van der Waals surface area (Å²) >= 11 is 7.92. The molecule has 0 saturated carbocycles. The van der Waals surface area contributed by atoms with Gasteiger partial charge in [0, 0.05) is 21.1 Å². The van der Waals surface area contributed by atoms with E-state index in [1.54, 1.807) is 0 Å². The molecule has 0 atom stereocenters. The summed E-state index contributed by atoms with van der Waals surface area (Å²) < 4.78 is 21.1. The van der Waals surface area contributed by atoms with Crippen LogP contribution in [-0.2, 0) is 21.1 Å². The Kier molecular flexibility index (Phi) is 14.1. The third-order valence-electron chi connectivity index (χ3n) is 0. The molecule has 0 bridgehead atoms. The van der Waals surface area contributed by atoms with Crippen LogP contribution < -0.4 is 5.73 Å². The minimum absolute atomic E-state index is 0. The quantitative estimate of drug-likeness (QED) is 0.647. The first-order chi connectivity index (χ1) is 3.73. The maximum Gasteiger partial charge on any atom is 0.401 e. The number of hydrogen-bond donors (Lipinski definition) is 1. The molecule has 0 rings (SSSR count). The molecule has 0 aromatic rings. The maximum atomic E-state index is 10.6. The summed E-state index contributed by atoms with van der Waals surface area (Å²) in [5.74, 6) is 0. The predicted molar refractivity (Wildman–Crippen MR) is 36.0 cm³/mol. The molecule has 1 nitrogen and oxygen atoms in total. The van der Waals surface area contributed by atoms with Crippen molar-refractivity contribution in [3.63, 3.8) is 0 Å². The number of nitrogens with two attached hydrogens (primary N) is 1. The topological polar surface area (TPSA) is 26.0 Å². The third-order valence-corrected chi connectivity index (χ3v) is 0. The Labute approximate surface area is 83.5 Å². The Bertz CT molecular complexity index is 58.0. The van der Waals surface area contributed by atoms with Crippen molar-refractivity contribution in [3.05, 3.63) is 0 Å². The van der Waals surface area contributed by atoms with Crippen molar-refractivity contribution in [3.8, 4) is 0 Å². The first kappa shape index (κ1) is 17.2. The molecule has 0 radical (unpaired) electrons. The molecule has 68 valence electrons. The van der Waals surface area contributed by atoms with Gasteiger partial charge in [-0.05, 0) is 29.2 Å². The van der Waals surface area contributed by atoms with E-state index in [1.165, 1.54) is 0 Å². The van der Waals surface area contributed by atoms with Gasteiger partial charge >= 0.3 is 4.84 Å². The van der Waals surface area contributed by atoms with Gasteiger partial charge in [-0.15, -0.1) is 0 Å². The molecule has 0 saturated heterocycles. The average Bonchev–Trinajstić information content (AvgIpc) is 1.19. The van der Waals surface area contributed by atoms with Gasteiger partial charge in [-0.3, -0.25) is 0 Å². The van der Waals surface area contributed by atoms with Crippen LogP contribution in [0, 0.1) is 0 Å². The number of rotatable bonds is 0. The molecule has 0 aliphatic heterocycles. The summed E-state index contributed by atoms with van der Waals surface area (Å²) in [7, 11) is 0. The molecule has 6 heteroatoms. The van der Waals surface area contributed by atoms with Gasteiger partial charge in [-0.2, -0.15) is 8.78 Å². The fraction of sp³-hybridized carbons (Fsp3) is 1.00. The third kappa shape index (κ3) is 502. The molecule has 0 heterocycles. The second-order valence-corrected chi connectivity index (χ2v) is 2.82. The van der Waals surface area contributed by atoms with Crippen LogP contribution in [0.25, 0.3) is 0 Å². The van der Waals surface area contributed by atoms with Crippen molar-refractivity contribution in [2.75, 3.05) is 0 Å². The second kappa shape index (κ2) is 8.19. The van der Waals surface area contributed by atoms with Gasteiger partial charge in [-0.1, -0.05) is 13.8 Å². The van der Waals surface area contributed by atoms with Crippen LogP contribution in [0.2, 0.25) is 0 Å². The van der Waals surface area contributed by atoms with Crippen LogP contribution in [0.4, 0.5) is 8.78 Å². The Morgan fingerprint density at radius 3 is 1.30 bits per heavy atom. The summed E-state index contributed by atoms with van der Waals surface area (Å²) in [6.07, 6.45) is 0. The van der Waals surface area contributed by atoms with Crippen molar-refractivity contribution in [2.45, 2.75) is 24.7 Å². The fourth-order valence-electron chi connectivity index (χ4n) is 0. The molecule has 0 amide bonds. The van der Waals surface area contributed by atoms with Gasteiger partial charge in [0.25, 0.3) is 0 Å². The molecule has 0 spiro atoms. The average molecular weight is 375 g/mol. The van der Waals surface area contributed by atoms with Gasteiger partial charge in [-0.25, -0.2) is 0 Å². The summed E-state index contributed by atoms with van der Waals surface area (Å²) in [6, 6.07) is 0.333. The van der Waals surface area contributed by atoms with Crippen LogP contribution in [0.15, 0.2) is 0 Å². The van der Waals surface area contributed by atoms with Crippen LogP contribution in [-0.4, -0.2) is 10.9 Å². The van der Waals surface area contributed by atoms with Crippen molar-refractivity contribution >= 4 is 23.2 Å². The summed E-state index contributed by atoms with van der Waals surface area (Å²) in [5, 5.41) is 0. The van der Waals surface area contributed by atoms with Crippen LogP contribution in [0.1, 0.15) is 13.8 Å². The van der Waals surface area contributed by atoms with E-state index in [1.807, 2.05) is 13.8 Å². The van der Waals surface area contributed by atoms with E-state index >= 15 is 0 Å². The Morgan fingerprint density at radius 1 is 1.30 bits per heavy atom. The van der Waals surface area contributed by atoms with Crippen molar-refractivity contribution < 1.29 is 29.8 Å². The first-order valence-electron chi connectivity index (χ1n) is 2.24. The van der Waals surface area contributed by atoms with Crippen molar-refractivity contribution in [1.29, 1.82) is 0 Å². The van der Waals surface area contributed by atoms with Crippen LogP contribution in [0.5, 0.6) is 0 Å². The Morgan fingerprint density at radius 2 is 1.30 bits per heavy atom. The van der Waals surface area contributed by atoms with Gasteiger partial charge in [0.15, 0.2) is 0 Å². The second-order valence-electron chi connectivity index (χ2n) is 1.67. The van der Waals surface area contributed by atoms with Crippen molar-refractivity contribution in [1.82, 2.24) is 0 Å². The molecule has 0 fully saturated rings. The number of halogens is 4. The van der Waals surface area contributed by atoms with Gasteiger partial charge in [0.05, 0.1) is 0 Å². The maximum absolute atomic E-state index is 10.6. The van der Waals surface area contributed by atoms with E-state index < -0.39 is 4.84 Å². The van der Waals surface area contributed by atoms with E-state index in [0.717, 1.165) is 0 Å². The normalized spacial score (nSPS) is 9.60. The molecular formula is C4H9Cl2F2NPt. The molecule has 0 aliphatic rings. The summed E-state index contributed by atoms with van der Waals surface area (Å²) in [4.78, 5) is -3.56. The van der Waals surface area contributed by atoms with E-state index in [9.17, 15) is 8.78 Å². The predicted octanol–water partition coefficient (Wildman–Crippen LogP) is 2.37. The number of alkyl halides is 4. The fourth-order valence-corrected chi connectivity index (χ4v) is 0. The Hall–Kier alpha value is 1.09. The number of hydrogen-bond acceptors (Lipinski definition) is 1. The van der Waals surface area contributed by atoms with E-state index in [0.29, 0.717) is 6.04 Å². The molecule has 2 N–H and O–H groups in total. The first-order valence-corrected chi connectivity index (χ1v) is 3.00. The SMILES string of the molecule is CC(C)N.FC(F)(Cl)Cl.[Pt]. The van der Waals surface area contributed by atoms with Gasteiger partial charge < -0.3 is 5.73 Å². The largest absolute Gasteiger partial charge is 0.401 e. The smallest absolute Gasteiger partial charge is 0.328 e. The zero-order chi connectivity index (χ0) is 8.08. The molecule has 10 heavy (non-hydrogen) atoms. The van der Waals surface area contributed by atoms with Crippen molar-refractivity contribution in [2.24, 2.45) is 5.73 Å². The van der Waals surface area contributed by atoms with Gasteiger partial charge in [0.2, 0.25) is 0 Å². The Balaban J connectivity index is -0.0000000910. The van der Waals surface area contributed by atoms with Crippen LogP contribution >= 0.6 is 23.2 Å². The summed E-state index contributed by atoms with van der Waals surface area (Å²) in [5.41, 5.74) is 5.11. The van der Waals surface area contributed by atoms with E-state index in [-0.39, 0.29) is 21.1 Å². The molecule has 0 unspecified atom stereocenters. The minimum atomic E-state index is -3.56. The minimum Gasteiger partial charge on any atom is -0.328 e. The van der Waals surface area contributed by atoms with Gasteiger partial charge in [0.1, 0.15) is 0 Å². The monoisotopic (exact) mass is 374 g/mol. The molecular weight excluding hydrogens is 366 g/mol. The zero-order valence-electron chi connectivity index (χ0n) is 5.48. The molecule has 0 aromatic carbocycles. The van der Waals surface area contributed by atoms with Crippen LogP contribution in [0.3, 0.4) is 0 Å². The molecule has 0 aromatic heterocycles. The summed E-state index contributed by atoms with van der Waals surface area (Å²) in [6.45, 7) is 3.89. The zero-order valence-corrected chi connectivity index (χ0v) is 9.27. The van der Waals surface area contributed by atoms with E-state index in [2.05, 4.69) is 23.2 Å². The standard InChI is InChI=1S/C3H9N.CCl2F2.Pt/c1-3(2)4;2-1(3,4)5;/h3H,4H2,1-2H3;;. The molecule has 0 aliphatic carbocycles. The van der Waals surface area contributed by atoms with E-state index in [4.69, 9.17) is 5.73 Å².